The Kier molecular flexibility index (Phi) is 6.20. The third kappa shape index (κ3) is 5.08. The van der Waals surface area contributed by atoms with Gasteiger partial charge in [0.1, 0.15) is 5.75 Å². The maximum Gasteiger partial charge on any atom is 0.319 e. The van der Waals surface area contributed by atoms with Crippen LogP contribution in [0.5, 0.6) is 5.75 Å². The number of hydrogen-bond acceptors (Lipinski definition) is 3. The Morgan fingerprint density at radius 2 is 1.77 bits per heavy atom. The van der Waals surface area contributed by atoms with Crippen LogP contribution in [0.2, 0.25) is 0 Å². The molecule has 2 amide bonds. The normalized spacial score (nSPS) is 10.2. The highest BCUT2D eigenvalue weighted by atomic mass is 16.5. The van der Waals surface area contributed by atoms with E-state index in [1.54, 1.807) is 24.5 Å². The van der Waals surface area contributed by atoms with Crippen molar-refractivity contribution in [3.63, 3.8) is 0 Å². The molecule has 1 heterocycles. The van der Waals surface area contributed by atoms with Gasteiger partial charge in [-0.05, 0) is 30.2 Å². The molecule has 3 aromatic rings. The summed E-state index contributed by atoms with van der Waals surface area (Å²) in [6, 6.07) is 21.4. The predicted octanol–water partition coefficient (Wildman–Crippen LogP) is 4.34. The summed E-state index contributed by atoms with van der Waals surface area (Å²) in [5.41, 5.74) is 2.85. The molecule has 0 bridgehead atoms. The van der Waals surface area contributed by atoms with Gasteiger partial charge in [0.2, 0.25) is 0 Å². The van der Waals surface area contributed by atoms with Crippen molar-refractivity contribution in [2.75, 3.05) is 18.5 Å². The summed E-state index contributed by atoms with van der Waals surface area (Å²) >= 11 is 0. The largest absolute Gasteiger partial charge is 0.493 e. The summed E-state index contributed by atoms with van der Waals surface area (Å²) in [5, 5.41) is 5.53. The Labute approximate surface area is 153 Å². The molecule has 0 aliphatic heterocycles. The molecule has 0 fully saturated rings. The van der Waals surface area contributed by atoms with Crippen molar-refractivity contribution in [2.45, 2.75) is 6.42 Å². The average molecular weight is 347 g/mol. The van der Waals surface area contributed by atoms with Gasteiger partial charge in [-0.1, -0.05) is 48.5 Å². The van der Waals surface area contributed by atoms with Crippen molar-refractivity contribution in [1.29, 1.82) is 0 Å². The highest BCUT2D eigenvalue weighted by Gasteiger charge is 2.05. The number of para-hydroxylation sites is 1. The molecular formula is C21H21N3O2. The lowest BCUT2D eigenvalue weighted by atomic mass is 10.1. The second-order valence-electron chi connectivity index (χ2n) is 5.69. The summed E-state index contributed by atoms with van der Waals surface area (Å²) in [6.45, 7) is 1.05. The molecule has 0 spiro atoms. The van der Waals surface area contributed by atoms with Crippen molar-refractivity contribution >= 4 is 11.7 Å². The van der Waals surface area contributed by atoms with Gasteiger partial charge in [-0.15, -0.1) is 0 Å². The summed E-state index contributed by atoms with van der Waals surface area (Å²) in [5.74, 6) is 0.846. The smallest absolute Gasteiger partial charge is 0.319 e. The van der Waals surface area contributed by atoms with Crippen LogP contribution in [-0.2, 0) is 0 Å². The van der Waals surface area contributed by atoms with E-state index in [-0.39, 0.29) is 6.03 Å². The predicted molar refractivity (Wildman–Crippen MR) is 103 cm³/mol. The summed E-state index contributed by atoms with van der Waals surface area (Å²) in [7, 11) is 0. The number of amides is 2. The first kappa shape index (κ1) is 17.5. The topological polar surface area (TPSA) is 63.2 Å². The lowest BCUT2D eigenvalue weighted by molar-refractivity contribution is 0.250. The highest BCUT2D eigenvalue weighted by molar-refractivity contribution is 5.88. The van der Waals surface area contributed by atoms with Crippen molar-refractivity contribution in [3.05, 3.63) is 79.1 Å². The van der Waals surface area contributed by atoms with Gasteiger partial charge in [0.25, 0.3) is 0 Å². The highest BCUT2D eigenvalue weighted by Crippen LogP contribution is 2.29. The van der Waals surface area contributed by atoms with Gasteiger partial charge in [0.15, 0.2) is 0 Å². The fourth-order valence-electron chi connectivity index (χ4n) is 2.52. The minimum Gasteiger partial charge on any atom is -0.493 e. The van der Waals surface area contributed by atoms with Crippen LogP contribution in [0.4, 0.5) is 10.5 Å². The number of nitrogens with zero attached hydrogens (tertiary/aromatic N) is 1. The quantitative estimate of drug-likeness (QED) is 0.625. The molecule has 0 saturated heterocycles. The van der Waals surface area contributed by atoms with Crippen molar-refractivity contribution < 1.29 is 9.53 Å². The Hall–Kier alpha value is -3.34. The minimum atomic E-state index is -0.248. The molecule has 0 radical (unpaired) electrons. The number of aromatic nitrogens is 1. The molecule has 0 saturated carbocycles. The van der Waals surface area contributed by atoms with Crippen LogP contribution in [0.25, 0.3) is 11.1 Å². The zero-order valence-corrected chi connectivity index (χ0v) is 14.4. The van der Waals surface area contributed by atoms with Crippen LogP contribution in [0.15, 0.2) is 79.1 Å². The van der Waals surface area contributed by atoms with E-state index < -0.39 is 0 Å². The monoisotopic (exact) mass is 347 g/mol. The Balaban J connectivity index is 1.44. The van der Waals surface area contributed by atoms with Gasteiger partial charge >= 0.3 is 6.03 Å². The first-order valence-corrected chi connectivity index (χ1v) is 8.55. The summed E-state index contributed by atoms with van der Waals surface area (Å²) in [6.07, 6.45) is 3.97. The number of rotatable bonds is 7. The molecule has 5 nitrogen and oxygen atoms in total. The van der Waals surface area contributed by atoms with Crippen LogP contribution in [0, 0.1) is 0 Å². The van der Waals surface area contributed by atoms with Crippen molar-refractivity contribution in [3.8, 4) is 16.9 Å². The van der Waals surface area contributed by atoms with E-state index in [2.05, 4.69) is 27.8 Å². The number of hydrogen-bond donors (Lipinski definition) is 2. The second kappa shape index (κ2) is 9.22. The van der Waals surface area contributed by atoms with E-state index >= 15 is 0 Å². The van der Waals surface area contributed by atoms with E-state index in [1.165, 1.54) is 0 Å². The molecule has 0 aliphatic carbocycles. The average Bonchev–Trinajstić information content (AvgIpc) is 2.69. The second-order valence-corrected chi connectivity index (χ2v) is 5.69. The van der Waals surface area contributed by atoms with E-state index in [9.17, 15) is 4.79 Å². The van der Waals surface area contributed by atoms with Crippen LogP contribution < -0.4 is 15.4 Å². The molecule has 0 unspecified atom stereocenters. The fraction of sp³-hybridized carbons (Fsp3) is 0.143. The number of benzene rings is 2. The lowest BCUT2D eigenvalue weighted by Gasteiger charge is -2.12. The van der Waals surface area contributed by atoms with Gasteiger partial charge in [0, 0.05) is 18.3 Å². The summed E-state index contributed by atoms with van der Waals surface area (Å²) in [4.78, 5) is 15.7. The van der Waals surface area contributed by atoms with Gasteiger partial charge in [-0.25, -0.2) is 4.79 Å². The number of carbonyl (C=O) groups is 1. The first-order chi connectivity index (χ1) is 12.8. The van der Waals surface area contributed by atoms with E-state index in [0.717, 1.165) is 16.9 Å². The standard InChI is InChI=1S/C21H21N3O2/c25-21(24-18-10-6-13-22-16-18)23-14-7-15-26-20-12-5-4-11-19(20)17-8-2-1-3-9-17/h1-6,8-13,16H,7,14-15H2,(H2,23,24,25). The zero-order chi connectivity index (χ0) is 18.0. The molecule has 0 aliphatic rings. The third-order valence-electron chi connectivity index (χ3n) is 3.76. The van der Waals surface area contributed by atoms with E-state index in [0.29, 0.717) is 25.3 Å². The van der Waals surface area contributed by atoms with Gasteiger partial charge < -0.3 is 15.4 Å². The van der Waals surface area contributed by atoms with Gasteiger partial charge in [0.05, 0.1) is 18.5 Å². The molecule has 132 valence electrons. The SMILES string of the molecule is O=C(NCCCOc1ccccc1-c1ccccc1)Nc1cccnc1. The first-order valence-electron chi connectivity index (χ1n) is 8.55. The molecule has 26 heavy (non-hydrogen) atoms. The summed E-state index contributed by atoms with van der Waals surface area (Å²) < 4.78 is 5.91. The van der Waals surface area contributed by atoms with E-state index in [4.69, 9.17) is 4.74 Å². The lowest BCUT2D eigenvalue weighted by Crippen LogP contribution is -2.30. The van der Waals surface area contributed by atoms with Crippen LogP contribution >= 0.6 is 0 Å². The molecule has 0 atom stereocenters. The minimum absolute atomic E-state index is 0.248. The number of ether oxygens (including phenoxy) is 1. The van der Waals surface area contributed by atoms with Crippen molar-refractivity contribution in [1.82, 2.24) is 10.3 Å². The number of nitrogens with one attached hydrogen (secondary N) is 2. The Morgan fingerprint density at radius 3 is 2.58 bits per heavy atom. The zero-order valence-electron chi connectivity index (χ0n) is 14.4. The number of urea groups is 1. The molecule has 2 N–H and O–H groups in total. The van der Waals surface area contributed by atoms with E-state index in [1.807, 2.05) is 42.5 Å². The number of carbonyl (C=O) groups excluding carboxylic acids is 1. The third-order valence-corrected chi connectivity index (χ3v) is 3.76. The maximum absolute atomic E-state index is 11.8. The molecule has 1 aromatic heterocycles. The van der Waals surface area contributed by atoms with Gasteiger partial charge in [-0.2, -0.15) is 0 Å². The number of pyridine rings is 1. The van der Waals surface area contributed by atoms with Crippen LogP contribution in [0.1, 0.15) is 6.42 Å². The maximum atomic E-state index is 11.8. The van der Waals surface area contributed by atoms with Gasteiger partial charge in [-0.3, -0.25) is 4.98 Å². The molecule has 5 heteroatoms. The van der Waals surface area contributed by atoms with Crippen LogP contribution in [0.3, 0.4) is 0 Å². The Bertz CT molecular complexity index is 823. The van der Waals surface area contributed by atoms with Crippen LogP contribution in [-0.4, -0.2) is 24.2 Å². The fourth-order valence-corrected chi connectivity index (χ4v) is 2.52. The Morgan fingerprint density at radius 1 is 0.962 bits per heavy atom. The molecule has 3 rings (SSSR count). The molecular weight excluding hydrogens is 326 g/mol. The number of anilines is 1. The molecule has 2 aromatic carbocycles. The van der Waals surface area contributed by atoms with Crippen molar-refractivity contribution in [2.24, 2.45) is 0 Å².